The highest BCUT2D eigenvalue weighted by Gasteiger charge is 2.27. The lowest BCUT2D eigenvalue weighted by Gasteiger charge is -2.17. The van der Waals surface area contributed by atoms with Gasteiger partial charge in [-0.05, 0) is 54.4 Å². The molecule has 1 aromatic heterocycles. The van der Waals surface area contributed by atoms with Crippen LogP contribution in [0, 0.1) is 12.2 Å². The Labute approximate surface area is 169 Å². The predicted octanol–water partition coefficient (Wildman–Crippen LogP) is 3.94. The second-order valence-electron chi connectivity index (χ2n) is 7.14. The van der Waals surface area contributed by atoms with Gasteiger partial charge in [-0.25, -0.2) is 4.39 Å². The van der Waals surface area contributed by atoms with E-state index in [-0.39, 0.29) is 17.6 Å². The number of nitrogens with zero attached hydrogens (tertiary/aromatic N) is 3. The molecule has 0 spiro atoms. The molecule has 1 fully saturated rings. The zero-order chi connectivity index (χ0) is 20.1. The van der Waals surface area contributed by atoms with Gasteiger partial charge in [-0.1, -0.05) is 12.1 Å². The van der Waals surface area contributed by atoms with E-state index in [0.29, 0.717) is 31.8 Å². The van der Waals surface area contributed by atoms with Gasteiger partial charge >= 0.3 is 0 Å². The first-order valence-electron chi connectivity index (χ1n) is 9.76. The SMILES string of the molecule is O=C(c1ccc(OC[CH]Cn2cccn2)cc1)N1CC[C@H](c2ccc(F)cc2)C1. The van der Waals surface area contributed by atoms with Gasteiger partial charge in [0.15, 0.2) is 0 Å². The van der Waals surface area contributed by atoms with E-state index in [1.54, 1.807) is 18.3 Å². The molecule has 0 N–H and O–H groups in total. The summed E-state index contributed by atoms with van der Waals surface area (Å²) in [6.07, 6.45) is 6.53. The molecule has 1 saturated heterocycles. The van der Waals surface area contributed by atoms with Gasteiger partial charge in [0.2, 0.25) is 0 Å². The van der Waals surface area contributed by atoms with Crippen LogP contribution in [-0.2, 0) is 6.54 Å². The van der Waals surface area contributed by atoms with Crippen molar-refractivity contribution in [2.75, 3.05) is 19.7 Å². The molecule has 5 nitrogen and oxygen atoms in total. The lowest BCUT2D eigenvalue weighted by molar-refractivity contribution is 0.0790. The Hall–Kier alpha value is -3.15. The molecule has 0 unspecified atom stereocenters. The third-order valence-corrected chi connectivity index (χ3v) is 5.16. The normalized spacial score (nSPS) is 16.2. The number of carbonyl (C=O) groups is 1. The molecule has 1 atom stereocenters. The van der Waals surface area contributed by atoms with Crippen molar-refractivity contribution in [3.63, 3.8) is 0 Å². The molecule has 1 amide bonds. The second kappa shape index (κ2) is 8.90. The van der Waals surface area contributed by atoms with Crippen LogP contribution in [0.15, 0.2) is 67.0 Å². The largest absolute Gasteiger partial charge is 0.493 e. The first-order valence-corrected chi connectivity index (χ1v) is 9.76. The van der Waals surface area contributed by atoms with Crippen LogP contribution in [0.3, 0.4) is 0 Å². The van der Waals surface area contributed by atoms with Crippen molar-refractivity contribution in [3.8, 4) is 5.75 Å². The van der Waals surface area contributed by atoms with Gasteiger partial charge in [-0.3, -0.25) is 9.48 Å². The summed E-state index contributed by atoms with van der Waals surface area (Å²) in [4.78, 5) is 14.7. The van der Waals surface area contributed by atoms with Crippen molar-refractivity contribution in [3.05, 3.63) is 90.4 Å². The van der Waals surface area contributed by atoms with Crippen molar-refractivity contribution < 1.29 is 13.9 Å². The molecule has 29 heavy (non-hydrogen) atoms. The molecule has 149 valence electrons. The molecule has 4 rings (SSSR count). The first kappa shape index (κ1) is 19.2. The van der Waals surface area contributed by atoms with E-state index in [0.717, 1.165) is 17.7 Å². The van der Waals surface area contributed by atoms with Crippen LogP contribution in [0.4, 0.5) is 4.39 Å². The minimum absolute atomic E-state index is 0.0198. The quantitative estimate of drug-likeness (QED) is 0.573. The van der Waals surface area contributed by atoms with Crippen molar-refractivity contribution in [1.82, 2.24) is 14.7 Å². The summed E-state index contributed by atoms with van der Waals surface area (Å²) in [5.41, 5.74) is 1.73. The number of hydrogen-bond acceptors (Lipinski definition) is 3. The summed E-state index contributed by atoms with van der Waals surface area (Å²) in [6, 6.07) is 15.7. The van der Waals surface area contributed by atoms with Crippen LogP contribution in [-0.4, -0.2) is 40.3 Å². The molecule has 3 aromatic rings. The van der Waals surface area contributed by atoms with E-state index >= 15 is 0 Å². The minimum atomic E-state index is -0.235. The van der Waals surface area contributed by atoms with Crippen LogP contribution >= 0.6 is 0 Å². The average molecular weight is 392 g/mol. The average Bonchev–Trinajstić information content (AvgIpc) is 3.44. The summed E-state index contributed by atoms with van der Waals surface area (Å²) < 4.78 is 20.6. The third kappa shape index (κ3) is 4.83. The number of carbonyl (C=O) groups excluding carboxylic acids is 1. The van der Waals surface area contributed by atoms with Crippen LogP contribution in [0.25, 0.3) is 0 Å². The molecule has 0 bridgehead atoms. The van der Waals surface area contributed by atoms with Crippen LogP contribution < -0.4 is 4.74 Å². The van der Waals surface area contributed by atoms with Gasteiger partial charge < -0.3 is 9.64 Å². The standard InChI is InChI=1S/C23H23FN3O2/c24-21-7-3-18(4-8-21)20-11-15-26(17-20)23(28)19-5-9-22(10-6-19)29-16-2-14-27-13-1-12-25-27/h1-10,12-13,20H,11,14-17H2/t20-/m0/s1. The van der Waals surface area contributed by atoms with Gasteiger partial charge in [0, 0.05) is 49.9 Å². The first-order chi connectivity index (χ1) is 14.2. The van der Waals surface area contributed by atoms with Crippen molar-refractivity contribution in [2.24, 2.45) is 0 Å². The molecule has 1 aliphatic heterocycles. The zero-order valence-corrected chi connectivity index (χ0v) is 16.1. The monoisotopic (exact) mass is 392 g/mol. The highest BCUT2D eigenvalue weighted by molar-refractivity contribution is 5.94. The fourth-order valence-electron chi connectivity index (χ4n) is 3.58. The highest BCUT2D eigenvalue weighted by atomic mass is 19.1. The van der Waals surface area contributed by atoms with Crippen molar-refractivity contribution in [2.45, 2.75) is 18.9 Å². The molecule has 2 aromatic carbocycles. The molecule has 1 aliphatic rings. The Morgan fingerprint density at radius 3 is 2.69 bits per heavy atom. The molecule has 0 saturated carbocycles. The molecule has 2 heterocycles. The van der Waals surface area contributed by atoms with Crippen molar-refractivity contribution >= 4 is 5.91 Å². The molecule has 1 radical (unpaired) electrons. The highest BCUT2D eigenvalue weighted by Crippen LogP contribution is 2.28. The summed E-state index contributed by atoms with van der Waals surface area (Å²) in [5, 5.41) is 4.13. The number of likely N-dealkylation sites (tertiary alicyclic amines) is 1. The number of amides is 1. The van der Waals surface area contributed by atoms with Gasteiger partial charge in [0.05, 0.1) is 6.61 Å². The van der Waals surface area contributed by atoms with E-state index in [1.807, 2.05) is 52.5 Å². The van der Waals surface area contributed by atoms with Gasteiger partial charge in [-0.2, -0.15) is 5.10 Å². The van der Waals surface area contributed by atoms with E-state index in [4.69, 9.17) is 4.74 Å². The smallest absolute Gasteiger partial charge is 0.253 e. The number of rotatable bonds is 7. The number of benzene rings is 2. The second-order valence-corrected chi connectivity index (χ2v) is 7.14. The minimum Gasteiger partial charge on any atom is -0.493 e. The number of aromatic nitrogens is 2. The summed E-state index contributed by atoms with van der Waals surface area (Å²) >= 11 is 0. The Bertz CT molecular complexity index is 924. The molecular formula is C23H23FN3O2. The molecule has 0 aliphatic carbocycles. The maximum absolute atomic E-state index is 13.1. The maximum Gasteiger partial charge on any atom is 0.253 e. The molecule has 6 heteroatoms. The van der Waals surface area contributed by atoms with Crippen LogP contribution in [0.5, 0.6) is 5.75 Å². The Balaban J connectivity index is 1.27. The summed E-state index contributed by atoms with van der Waals surface area (Å²) in [5.74, 6) is 0.767. The fraction of sp³-hybridized carbons (Fsp3) is 0.261. The van der Waals surface area contributed by atoms with E-state index in [9.17, 15) is 9.18 Å². The van der Waals surface area contributed by atoms with Crippen LogP contribution in [0.1, 0.15) is 28.3 Å². The predicted molar refractivity (Wildman–Crippen MR) is 108 cm³/mol. The number of ether oxygens (including phenoxy) is 1. The van der Waals surface area contributed by atoms with Crippen molar-refractivity contribution in [1.29, 1.82) is 0 Å². The molecular weight excluding hydrogens is 369 g/mol. The van der Waals surface area contributed by atoms with E-state index in [2.05, 4.69) is 5.10 Å². The zero-order valence-electron chi connectivity index (χ0n) is 16.1. The fourth-order valence-corrected chi connectivity index (χ4v) is 3.58. The van der Waals surface area contributed by atoms with Crippen LogP contribution in [0.2, 0.25) is 0 Å². The lowest BCUT2D eigenvalue weighted by atomic mass is 9.99. The van der Waals surface area contributed by atoms with Gasteiger partial charge in [0.1, 0.15) is 11.6 Å². The summed E-state index contributed by atoms with van der Waals surface area (Å²) in [7, 11) is 0. The Kier molecular flexibility index (Phi) is 5.89. The number of hydrogen-bond donors (Lipinski definition) is 0. The number of halogens is 1. The maximum atomic E-state index is 13.1. The lowest BCUT2D eigenvalue weighted by Crippen LogP contribution is -2.28. The van der Waals surface area contributed by atoms with E-state index < -0.39 is 0 Å². The third-order valence-electron chi connectivity index (χ3n) is 5.16. The summed E-state index contributed by atoms with van der Waals surface area (Å²) in [6.45, 7) is 2.53. The topological polar surface area (TPSA) is 47.4 Å². The Morgan fingerprint density at radius 2 is 1.97 bits per heavy atom. The Morgan fingerprint density at radius 1 is 1.17 bits per heavy atom. The van der Waals surface area contributed by atoms with Gasteiger partial charge in [0.25, 0.3) is 5.91 Å². The van der Waals surface area contributed by atoms with E-state index in [1.165, 1.54) is 12.1 Å². The van der Waals surface area contributed by atoms with Gasteiger partial charge in [-0.15, -0.1) is 0 Å².